The van der Waals surface area contributed by atoms with Crippen molar-refractivity contribution >= 4 is 13.5 Å². The molecule has 0 spiro atoms. The number of hydrogen-bond donors (Lipinski definition) is 2. The lowest BCUT2D eigenvalue weighted by molar-refractivity contribution is -0.121. The maximum absolute atomic E-state index is 11.9. The van der Waals surface area contributed by atoms with E-state index in [1.54, 1.807) is 0 Å². The number of carbonyl (C=O) groups excluding carboxylic acids is 1. The largest absolute Gasteiger partial charge is 0.356 e. The Labute approximate surface area is 256 Å². The highest BCUT2D eigenvalue weighted by molar-refractivity contribution is 7.51. The van der Waals surface area contributed by atoms with Gasteiger partial charge in [-0.3, -0.25) is 9.36 Å². The van der Waals surface area contributed by atoms with Crippen LogP contribution < -0.4 is 5.32 Å². The molecular formula is C35H72NO4P. The molecule has 0 saturated carbocycles. The van der Waals surface area contributed by atoms with Gasteiger partial charge in [0.2, 0.25) is 5.91 Å². The van der Waals surface area contributed by atoms with Gasteiger partial charge >= 0.3 is 7.60 Å². The van der Waals surface area contributed by atoms with Crippen LogP contribution in [0.5, 0.6) is 0 Å². The van der Waals surface area contributed by atoms with Crippen LogP contribution in [0.4, 0.5) is 0 Å². The van der Waals surface area contributed by atoms with Crippen molar-refractivity contribution in [2.24, 2.45) is 0 Å². The average molecular weight is 602 g/mol. The first-order valence-corrected chi connectivity index (χ1v) is 20.2. The first kappa shape index (κ1) is 40.6. The zero-order valence-electron chi connectivity index (χ0n) is 27.7. The van der Waals surface area contributed by atoms with E-state index >= 15 is 0 Å². The van der Waals surface area contributed by atoms with E-state index < -0.39 is 7.60 Å². The predicted molar refractivity (Wildman–Crippen MR) is 179 cm³/mol. The molecule has 0 rings (SSSR count). The minimum atomic E-state index is -3.34. The zero-order chi connectivity index (χ0) is 30.1. The number of amides is 1. The molecule has 0 saturated heterocycles. The van der Waals surface area contributed by atoms with Gasteiger partial charge in [-0.1, -0.05) is 174 Å². The first-order chi connectivity index (χ1) is 20.0. The van der Waals surface area contributed by atoms with E-state index in [9.17, 15) is 9.36 Å². The van der Waals surface area contributed by atoms with Crippen molar-refractivity contribution in [3.05, 3.63) is 0 Å². The van der Waals surface area contributed by atoms with Crippen molar-refractivity contribution in [3.63, 3.8) is 0 Å². The van der Waals surface area contributed by atoms with Gasteiger partial charge in [-0.25, -0.2) is 0 Å². The summed E-state index contributed by atoms with van der Waals surface area (Å²) in [5.74, 6) is 0.176. The third-order valence-electron chi connectivity index (χ3n) is 8.23. The lowest BCUT2D eigenvalue weighted by Crippen LogP contribution is -2.23. The molecule has 0 aliphatic heterocycles. The molecule has 0 aliphatic carbocycles. The minimum absolute atomic E-state index is 0.176. The molecule has 0 aromatic heterocycles. The van der Waals surface area contributed by atoms with Crippen LogP contribution in [0.15, 0.2) is 0 Å². The van der Waals surface area contributed by atoms with Gasteiger partial charge in [0.05, 0.1) is 6.61 Å². The fraction of sp³-hybridized carbons (Fsp3) is 0.971. The van der Waals surface area contributed by atoms with E-state index in [0.717, 1.165) is 38.6 Å². The topological polar surface area (TPSA) is 75.6 Å². The molecule has 0 aliphatic rings. The standard InChI is InChI=1S/C35H72NO4P/c1-3-4-5-6-7-8-9-10-11-12-13-14-15-16-17-18-19-20-21-22-23-24-25-26-29-32-35(37)36-33-30-27-28-31-34-40-41(2,38)39/h3-34H2,1-2H3,(H,36,37)(H,38,39). The Hall–Kier alpha value is -0.380. The lowest BCUT2D eigenvalue weighted by atomic mass is 10.0. The number of unbranched alkanes of at least 4 members (excludes halogenated alkanes) is 27. The summed E-state index contributed by atoms with van der Waals surface area (Å²) in [5, 5.41) is 3.01. The summed E-state index contributed by atoms with van der Waals surface area (Å²) in [6.45, 7) is 4.57. The number of hydrogen-bond acceptors (Lipinski definition) is 3. The molecule has 0 aromatic carbocycles. The van der Waals surface area contributed by atoms with E-state index in [1.165, 1.54) is 161 Å². The van der Waals surface area contributed by atoms with Crippen molar-refractivity contribution < 1.29 is 18.8 Å². The SMILES string of the molecule is CCCCCCCCCCCCCCCCCCCCCCCCCCCC(=O)NCCCCCCOP(C)(=O)O. The summed E-state index contributed by atoms with van der Waals surface area (Å²) in [6.07, 6.45) is 39.2. The van der Waals surface area contributed by atoms with Gasteiger partial charge in [0, 0.05) is 19.6 Å². The highest BCUT2D eigenvalue weighted by Crippen LogP contribution is 2.36. The van der Waals surface area contributed by atoms with Crippen LogP contribution in [0.1, 0.15) is 200 Å². The van der Waals surface area contributed by atoms with E-state index in [-0.39, 0.29) is 5.91 Å². The van der Waals surface area contributed by atoms with Gasteiger partial charge < -0.3 is 14.7 Å². The predicted octanol–water partition coefficient (Wildman–Crippen LogP) is 11.7. The fourth-order valence-electron chi connectivity index (χ4n) is 5.56. The zero-order valence-corrected chi connectivity index (χ0v) is 28.6. The second kappa shape index (κ2) is 32.5. The molecule has 5 nitrogen and oxygen atoms in total. The molecule has 2 N–H and O–H groups in total. The van der Waals surface area contributed by atoms with Crippen LogP contribution >= 0.6 is 7.60 Å². The van der Waals surface area contributed by atoms with Gasteiger partial charge in [-0.15, -0.1) is 0 Å². The third kappa shape index (κ3) is 37.6. The van der Waals surface area contributed by atoms with Gasteiger partial charge in [-0.05, 0) is 19.3 Å². The summed E-state index contributed by atoms with van der Waals surface area (Å²) in [7, 11) is -3.34. The summed E-state index contributed by atoms with van der Waals surface area (Å²) in [5.41, 5.74) is 0. The molecule has 41 heavy (non-hydrogen) atoms. The molecule has 0 heterocycles. The Bertz CT molecular complexity index is 581. The van der Waals surface area contributed by atoms with Crippen LogP contribution in [0.3, 0.4) is 0 Å². The first-order valence-electron chi connectivity index (χ1n) is 18.2. The maximum Gasteiger partial charge on any atom is 0.325 e. The second-order valence-corrected chi connectivity index (χ2v) is 14.5. The number of carbonyl (C=O) groups is 1. The molecule has 246 valence electrons. The van der Waals surface area contributed by atoms with E-state index in [1.807, 2.05) is 0 Å². The molecular weight excluding hydrogens is 529 g/mol. The minimum Gasteiger partial charge on any atom is -0.356 e. The van der Waals surface area contributed by atoms with Gasteiger partial charge in [0.15, 0.2) is 0 Å². The van der Waals surface area contributed by atoms with Crippen LogP contribution in [0, 0.1) is 0 Å². The van der Waals surface area contributed by atoms with Crippen LogP contribution in [-0.2, 0) is 13.9 Å². The van der Waals surface area contributed by atoms with E-state index in [4.69, 9.17) is 9.42 Å². The normalized spacial score (nSPS) is 13.0. The monoisotopic (exact) mass is 602 g/mol. The van der Waals surface area contributed by atoms with Crippen molar-refractivity contribution in [1.29, 1.82) is 0 Å². The van der Waals surface area contributed by atoms with Gasteiger partial charge in [0.1, 0.15) is 0 Å². The second-order valence-electron chi connectivity index (χ2n) is 12.6. The number of nitrogens with one attached hydrogen (secondary N) is 1. The Morgan fingerprint density at radius 1 is 0.537 bits per heavy atom. The molecule has 1 unspecified atom stereocenters. The Balaban J connectivity index is 3.14. The Kier molecular flexibility index (Phi) is 32.2. The Morgan fingerprint density at radius 3 is 1.22 bits per heavy atom. The maximum atomic E-state index is 11.9. The Morgan fingerprint density at radius 2 is 0.854 bits per heavy atom. The molecule has 6 heteroatoms. The van der Waals surface area contributed by atoms with Gasteiger partial charge in [0.25, 0.3) is 0 Å². The van der Waals surface area contributed by atoms with Crippen molar-refractivity contribution in [1.82, 2.24) is 5.32 Å². The lowest BCUT2D eigenvalue weighted by Gasteiger charge is -2.07. The van der Waals surface area contributed by atoms with E-state index in [0.29, 0.717) is 13.0 Å². The summed E-state index contributed by atoms with van der Waals surface area (Å²) < 4.78 is 15.9. The van der Waals surface area contributed by atoms with Crippen LogP contribution in [0.25, 0.3) is 0 Å². The molecule has 1 amide bonds. The highest BCUT2D eigenvalue weighted by atomic mass is 31.2. The fourth-order valence-corrected chi connectivity index (χ4v) is 6.02. The molecule has 0 bridgehead atoms. The molecule has 0 radical (unpaired) electrons. The quantitative estimate of drug-likeness (QED) is 0.0568. The highest BCUT2D eigenvalue weighted by Gasteiger charge is 2.08. The third-order valence-corrected chi connectivity index (χ3v) is 8.89. The summed E-state index contributed by atoms with van der Waals surface area (Å²) in [6, 6.07) is 0. The average Bonchev–Trinajstić information content (AvgIpc) is 2.94. The molecule has 0 aromatic rings. The van der Waals surface area contributed by atoms with Gasteiger partial charge in [-0.2, -0.15) is 0 Å². The van der Waals surface area contributed by atoms with Crippen molar-refractivity contribution in [2.75, 3.05) is 19.8 Å². The molecule has 0 fully saturated rings. The van der Waals surface area contributed by atoms with Crippen molar-refractivity contribution in [3.8, 4) is 0 Å². The van der Waals surface area contributed by atoms with E-state index in [2.05, 4.69) is 12.2 Å². The smallest absolute Gasteiger partial charge is 0.325 e. The molecule has 1 atom stereocenters. The van der Waals surface area contributed by atoms with Crippen molar-refractivity contribution in [2.45, 2.75) is 200 Å². The summed E-state index contributed by atoms with van der Waals surface area (Å²) in [4.78, 5) is 21.0. The van der Waals surface area contributed by atoms with Crippen LogP contribution in [-0.4, -0.2) is 30.6 Å². The number of rotatable bonds is 34. The summed E-state index contributed by atoms with van der Waals surface area (Å²) >= 11 is 0. The van der Waals surface area contributed by atoms with Crippen LogP contribution in [0.2, 0.25) is 0 Å².